The van der Waals surface area contributed by atoms with Gasteiger partial charge >= 0.3 is 5.97 Å². The van der Waals surface area contributed by atoms with E-state index in [1.807, 2.05) is 38.1 Å². The van der Waals surface area contributed by atoms with Crippen molar-refractivity contribution >= 4 is 53.2 Å². The number of rotatable bonds is 16. The minimum absolute atomic E-state index is 0.0167. The normalized spacial score (nSPS) is 14.1. The second kappa shape index (κ2) is 15.7. The van der Waals surface area contributed by atoms with Crippen LogP contribution < -0.4 is 33.2 Å². The van der Waals surface area contributed by atoms with Gasteiger partial charge in [-0.15, -0.1) is 0 Å². The van der Waals surface area contributed by atoms with Gasteiger partial charge in [0.2, 0.25) is 17.7 Å². The molecular formula is C26H40N8O5S. The van der Waals surface area contributed by atoms with E-state index in [-0.39, 0.29) is 37.0 Å². The number of benzene rings is 1. The number of thiol groups is 1. The fourth-order valence-corrected chi connectivity index (χ4v) is 4.38. The number of para-hydroxylation sites is 1. The Bertz CT molecular complexity index is 1200. The second-order valence-electron chi connectivity index (χ2n) is 9.95. The van der Waals surface area contributed by atoms with E-state index in [1.54, 1.807) is 6.20 Å². The van der Waals surface area contributed by atoms with Crippen molar-refractivity contribution in [3.05, 3.63) is 36.0 Å². The first-order chi connectivity index (χ1) is 18.9. The molecule has 0 aliphatic carbocycles. The molecule has 1 heterocycles. The lowest BCUT2D eigenvalue weighted by molar-refractivity contribution is -0.142. The second-order valence-corrected chi connectivity index (χ2v) is 10.3. The zero-order valence-electron chi connectivity index (χ0n) is 22.7. The number of nitrogens with one attached hydrogen (secondary N) is 4. The largest absolute Gasteiger partial charge is 0.480 e. The van der Waals surface area contributed by atoms with Crippen LogP contribution in [0.15, 0.2) is 35.5 Å². The summed E-state index contributed by atoms with van der Waals surface area (Å²) in [6.45, 7) is 4.03. The van der Waals surface area contributed by atoms with E-state index < -0.39 is 47.9 Å². The Morgan fingerprint density at radius 1 is 1.00 bits per heavy atom. The highest BCUT2D eigenvalue weighted by molar-refractivity contribution is 7.80. The number of carbonyl (C=O) groups excluding carboxylic acids is 3. The van der Waals surface area contributed by atoms with Crippen LogP contribution in [0.5, 0.6) is 0 Å². The van der Waals surface area contributed by atoms with Crippen molar-refractivity contribution in [3.8, 4) is 0 Å². The maximum Gasteiger partial charge on any atom is 0.326 e. The average Bonchev–Trinajstić information content (AvgIpc) is 3.30. The summed E-state index contributed by atoms with van der Waals surface area (Å²) in [6, 6.07) is 3.14. The van der Waals surface area contributed by atoms with Gasteiger partial charge in [-0.2, -0.15) is 12.6 Å². The van der Waals surface area contributed by atoms with Gasteiger partial charge < -0.3 is 43.2 Å². The lowest BCUT2D eigenvalue weighted by atomic mass is 10.0. The smallest absolute Gasteiger partial charge is 0.326 e. The van der Waals surface area contributed by atoms with Gasteiger partial charge in [-0.25, -0.2) is 4.79 Å². The molecule has 1 aromatic heterocycles. The number of guanidine groups is 1. The van der Waals surface area contributed by atoms with Gasteiger partial charge in [0.1, 0.15) is 18.1 Å². The minimum Gasteiger partial charge on any atom is -0.480 e. The summed E-state index contributed by atoms with van der Waals surface area (Å²) in [5.74, 6) is -3.10. The first kappa shape index (κ1) is 32.4. The maximum absolute atomic E-state index is 13.3. The number of fused-ring (bicyclic) bond motifs is 1. The number of nitrogens with zero attached hydrogens (tertiary/aromatic N) is 1. The van der Waals surface area contributed by atoms with Crippen molar-refractivity contribution in [1.29, 1.82) is 0 Å². The summed E-state index contributed by atoms with van der Waals surface area (Å²) in [6.07, 6.45) is 2.56. The molecule has 13 nitrogen and oxygen atoms in total. The molecule has 11 N–H and O–H groups in total. The Morgan fingerprint density at radius 3 is 2.25 bits per heavy atom. The van der Waals surface area contributed by atoms with Gasteiger partial charge in [-0.1, -0.05) is 32.0 Å². The minimum atomic E-state index is -1.27. The third kappa shape index (κ3) is 10.1. The molecule has 0 aliphatic rings. The van der Waals surface area contributed by atoms with Crippen molar-refractivity contribution in [1.82, 2.24) is 20.9 Å². The van der Waals surface area contributed by atoms with Crippen LogP contribution in [0.3, 0.4) is 0 Å². The molecule has 3 amide bonds. The number of carboxylic acids is 1. The van der Waals surface area contributed by atoms with Crippen molar-refractivity contribution in [2.45, 2.75) is 63.7 Å². The number of hydrogen-bond donors (Lipinski definition) is 9. The average molecular weight is 577 g/mol. The number of aromatic amines is 1. The topological polar surface area (TPSA) is 231 Å². The van der Waals surface area contributed by atoms with Crippen LogP contribution in [0, 0.1) is 5.92 Å². The van der Waals surface area contributed by atoms with E-state index in [4.69, 9.17) is 17.2 Å². The molecule has 0 spiro atoms. The van der Waals surface area contributed by atoms with Crippen molar-refractivity contribution in [2.24, 2.45) is 28.1 Å². The Morgan fingerprint density at radius 2 is 1.62 bits per heavy atom. The first-order valence-corrected chi connectivity index (χ1v) is 13.7. The van der Waals surface area contributed by atoms with Crippen molar-refractivity contribution in [3.63, 3.8) is 0 Å². The number of hydrogen-bond acceptors (Lipinski definition) is 7. The summed E-state index contributed by atoms with van der Waals surface area (Å²) in [7, 11) is 0. The van der Waals surface area contributed by atoms with Crippen molar-refractivity contribution in [2.75, 3.05) is 12.3 Å². The van der Waals surface area contributed by atoms with E-state index in [1.165, 1.54) is 0 Å². The molecule has 2 aromatic rings. The monoisotopic (exact) mass is 576 g/mol. The SMILES string of the molecule is CC(C)CC(N)C(=O)NC(CS)C(=O)NC(CCCN=C(N)N)C(=O)NC(Cc1c[nH]c2ccccc12)C(=O)O. The van der Waals surface area contributed by atoms with Gasteiger partial charge in [-0.05, 0) is 36.8 Å². The number of H-pyrrole nitrogens is 1. The zero-order chi connectivity index (χ0) is 29.8. The van der Waals surface area contributed by atoms with Crippen LogP contribution >= 0.6 is 12.6 Å². The molecule has 40 heavy (non-hydrogen) atoms. The Kier molecular flexibility index (Phi) is 12.7. The summed E-state index contributed by atoms with van der Waals surface area (Å²) >= 11 is 4.17. The van der Waals surface area contributed by atoms with Gasteiger partial charge in [0, 0.05) is 35.8 Å². The maximum atomic E-state index is 13.3. The molecule has 14 heteroatoms. The van der Waals surface area contributed by atoms with Crippen LogP contribution in [-0.2, 0) is 25.6 Å². The van der Waals surface area contributed by atoms with Gasteiger partial charge in [0.25, 0.3) is 0 Å². The molecule has 220 valence electrons. The summed E-state index contributed by atoms with van der Waals surface area (Å²) in [4.78, 5) is 57.8. The third-order valence-electron chi connectivity index (χ3n) is 6.17. The van der Waals surface area contributed by atoms with E-state index in [0.717, 1.165) is 10.9 Å². The fraction of sp³-hybridized carbons (Fsp3) is 0.500. The highest BCUT2D eigenvalue weighted by Crippen LogP contribution is 2.19. The Labute approximate surface area is 238 Å². The Balaban J connectivity index is 2.16. The lowest BCUT2D eigenvalue weighted by Gasteiger charge is -2.25. The highest BCUT2D eigenvalue weighted by Gasteiger charge is 2.30. The molecule has 2 rings (SSSR count). The van der Waals surface area contributed by atoms with Crippen LogP contribution in [0.25, 0.3) is 10.9 Å². The van der Waals surface area contributed by atoms with E-state index >= 15 is 0 Å². The van der Waals surface area contributed by atoms with Crippen LogP contribution in [0.2, 0.25) is 0 Å². The third-order valence-corrected chi connectivity index (χ3v) is 6.53. The molecular weight excluding hydrogens is 536 g/mol. The molecule has 0 fully saturated rings. The summed E-state index contributed by atoms with van der Waals surface area (Å²) < 4.78 is 0. The number of aliphatic carboxylic acids is 1. The van der Waals surface area contributed by atoms with Crippen LogP contribution in [0.4, 0.5) is 0 Å². The molecule has 0 bridgehead atoms. The predicted octanol–water partition coefficient (Wildman–Crippen LogP) is -0.394. The predicted molar refractivity (Wildman–Crippen MR) is 157 cm³/mol. The number of carbonyl (C=O) groups is 4. The number of aliphatic imine (C=N–C) groups is 1. The van der Waals surface area contributed by atoms with Gasteiger partial charge in [-0.3, -0.25) is 19.4 Å². The van der Waals surface area contributed by atoms with E-state index in [2.05, 4.69) is 38.6 Å². The number of nitrogens with two attached hydrogens (primary N) is 3. The molecule has 4 unspecified atom stereocenters. The first-order valence-electron chi connectivity index (χ1n) is 13.0. The molecule has 0 saturated heterocycles. The molecule has 1 aromatic carbocycles. The standard InChI is InChI=1S/C26H40N8O5S/c1-14(2)10-17(27)22(35)34-21(13-40)24(37)32-19(8-5-9-30-26(28)29)23(36)33-20(25(38)39)11-15-12-31-18-7-4-3-6-16(15)18/h3-4,6-7,12,14,17,19-21,31,40H,5,8-11,13,27H2,1-2H3,(H,32,37)(H,33,36)(H,34,35)(H,38,39)(H4,28,29,30). The number of aromatic nitrogens is 1. The van der Waals surface area contributed by atoms with Crippen LogP contribution in [-0.4, -0.2) is 76.2 Å². The van der Waals surface area contributed by atoms with Crippen LogP contribution in [0.1, 0.15) is 38.7 Å². The molecule has 4 atom stereocenters. The Hall–Kier alpha value is -3.78. The van der Waals surface area contributed by atoms with E-state index in [0.29, 0.717) is 18.4 Å². The highest BCUT2D eigenvalue weighted by atomic mass is 32.1. The van der Waals surface area contributed by atoms with Gasteiger partial charge in [0.05, 0.1) is 6.04 Å². The molecule has 0 radical (unpaired) electrons. The van der Waals surface area contributed by atoms with E-state index in [9.17, 15) is 24.3 Å². The van der Waals surface area contributed by atoms with Crippen molar-refractivity contribution < 1.29 is 24.3 Å². The van der Waals surface area contributed by atoms with Gasteiger partial charge in [0.15, 0.2) is 5.96 Å². The zero-order valence-corrected chi connectivity index (χ0v) is 23.6. The molecule has 0 saturated carbocycles. The number of amides is 3. The summed E-state index contributed by atoms with van der Waals surface area (Å²) in [5.41, 5.74) is 18.2. The molecule has 0 aliphatic heterocycles. The quantitative estimate of drug-likeness (QED) is 0.0551. The summed E-state index contributed by atoms with van der Waals surface area (Å²) in [5, 5.41) is 18.4. The lowest BCUT2D eigenvalue weighted by Crippen LogP contribution is -2.57. The number of carboxylic acid groups (broad SMARTS) is 1. The fourth-order valence-electron chi connectivity index (χ4n) is 4.13.